The van der Waals surface area contributed by atoms with Crippen molar-refractivity contribution in [3.05, 3.63) is 89.9 Å². The van der Waals surface area contributed by atoms with Gasteiger partial charge in [-0.3, -0.25) is 4.79 Å². The summed E-state index contributed by atoms with van der Waals surface area (Å²) in [5.74, 6) is 0.145. The van der Waals surface area contributed by atoms with E-state index in [1.54, 1.807) is 18.2 Å². The topological polar surface area (TPSA) is 120 Å². The zero-order chi connectivity index (χ0) is 24.6. The number of ether oxygens (including phenoxy) is 3. The molecule has 0 saturated carbocycles. The third-order valence-electron chi connectivity index (χ3n) is 4.94. The minimum absolute atomic E-state index is 0.0316. The number of amides is 1. The van der Waals surface area contributed by atoms with Gasteiger partial charge in [0.15, 0.2) is 18.1 Å². The highest BCUT2D eigenvalue weighted by Gasteiger charge is 2.11. The Labute approximate surface area is 200 Å². The summed E-state index contributed by atoms with van der Waals surface area (Å²) in [6.45, 7) is -0.151. The molecule has 1 aromatic heterocycles. The SMILES string of the molecule is COc1cc(/C=N/NC(=O)COc2cccc3ccccc23)ccc1OCc1ccc(C(=O)O)o1. The molecule has 2 N–H and O–H groups in total. The number of methoxy groups -OCH3 is 1. The number of hydrazone groups is 1. The van der Waals surface area contributed by atoms with E-state index in [-0.39, 0.29) is 19.0 Å². The molecule has 0 atom stereocenters. The Hall–Kier alpha value is -4.79. The number of carboxylic acids is 1. The average Bonchev–Trinajstić information content (AvgIpc) is 3.36. The van der Waals surface area contributed by atoms with E-state index < -0.39 is 11.9 Å². The number of rotatable bonds is 10. The van der Waals surface area contributed by atoms with E-state index in [1.165, 1.54) is 25.5 Å². The van der Waals surface area contributed by atoms with Gasteiger partial charge in [0.05, 0.1) is 13.3 Å². The van der Waals surface area contributed by atoms with Crippen LogP contribution in [0.5, 0.6) is 17.2 Å². The summed E-state index contributed by atoms with van der Waals surface area (Å²) in [5.41, 5.74) is 3.10. The summed E-state index contributed by atoms with van der Waals surface area (Å²) < 4.78 is 21.8. The Balaban J connectivity index is 1.31. The van der Waals surface area contributed by atoms with Crippen LogP contribution in [0, 0.1) is 0 Å². The first-order chi connectivity index (χ1) is 17.0. The monoisotopic (exact) mass is 474 g/mol. The summed E-state index contributed by atoms with van der Waals surface area (Å²) in [5, 5.41) is 14.8. The second-order valence-corrected chi connectivity index (χ2v) is 7.33. The second kappa shape index (κ2) is 10.9. The van der Waals surface area contributed by atoms with Crippen molar-refractivity contribution in [3.63, 3.8) is 0 Å². The lowest BCUT2D eigenvalue weighted by molar-refractivity contribution is -0.123. The third-order valence-corrected chi connectivity index (χ3v) is 4.94. The molecule has 0 fully saturated rings. The predicted octanol–water partition coefficient (Wildman–Crippen LogP) is 4.25. The lowest BCUT2D eigenvalue weighted by atomic mass is 10.1. The molecule has 178 valence electrons. The molecule has 1 amide bonds. The van der Waals surface area contributed by atoms with Crippen LogP contribution in [0.4, 0.5) is 0 Å². The Kier molecular flexibility index (Phi) is 7.27. The van der Waals surface area contributed by atoms with Gasteiger partial charge in [0.1, 0.15) is 18.1 Å². The molecule has 0 aliphatic heterocycles. The Bertz CT molecular complexity index is 1370. The van der Waals surface area contributed by atoms with Gasteiger partial charge in [0.2, 0.25) is 5.76 Å². The fraction of sp³-hybridized carbons (Fsp3) is 0.115. The minimum atomic E-state index is -1.15. The van der Waals surface area contributed by atoms with Crippen molar-refractivity contribution in [2.45, 2.75) is 6.61 Å². The number of benzene rings is 3. The number of aromatic carboxylic acids is 1. The number of hydrogen-bond acceptors (Lipinski definition) is 7. The fourth-order valence-electron chi connectivity index (χ4n) is 3.28. The predicted molar refractivity (Wildman–Crippen MR) is 128 cm³/mol. The van der Waals surface area contributed by atoms with Crippen molar-refractivity contribution in [1.29, 1.82) is 0 Å². The lowest BCUT2D eigenvalue weighted by Gasteiger charge is -2.10. The highest BCUT2D eigenvalue weighted by molar-refractivity contribution is 5.89. The zero-order valence-electron chi connectivity index (χ0n) is 18.8. The molecule has 4 rings (SSSR count). The van der Waals surface area contributed by atoms with E-state index in [9.17, 15) is 9.59 Å². The maximum atomic E-state index is 12.1. The van der Waals surface area contributed by atoms with Gasteiger partial charge in [0, 0.05) is 5.39 Å². The van der Waals surface area contributed by atoms with Crippen LogP contribution >= 0.6 is 0 Å². The number of fused-ring (bicyclic) bond motifs is 1. The van der Waals surface area contributed by atoms with E-state index in [2.05, 4.69) is 10.5 Å². The summed E-state index contributed by atoms with van der Waals surface area (Å²) >= 11 is 0. The van der Waals surface area contributed by atoms with Gasteiger partial charge < -0.3 is 23.7 Å². The van der Waals surface area contributed by atoms with Crippen molar-refractivity contribution in [3.8, 4) is 17.2 Å². The van der Waals surface area contributed by atoms with E-state index in [0.29, 0.717) is 28.6 Å². The Morgan fingerprint density at radius 3 is 2.60 bits per heavy atom. The standard InChI is InChI=1S/C26H22N2O7/c1-32-24-13-17(9-11-22(24)33-15-19-10-12-23(35-19)26(30)31)14-27-28-25(29)16-34-21-8-4-6-18-5-2-3-7-20(18)21/h2-14H,15-16H2,1H3,(H,28,29)(H,30,31)/b27-14+. The van der Waals surface area contributed by atoms with Crippen LogP contribution in [0.15, 0.2) is 82.3 Å². The molecule has 1 heterocycles. The summed E-state index contributed by atoms with van der Waals surface area (Å²) in [7, 11) is 1.49. The number of nitrogens with zero attached hydrogens (tertiary/aromatic N) is 1. The molecule has 9 nitrogen and oxygen atoms in total. The molecule has 0 aliphatic rings. The number of nitrogens with one attached hydrogen (secondary N) is 1. The number of carboxylic acid groups (broad SMARTS) is 1. The maximum Gasteiger partial charge on any atom is 0.371 e. The molecule has 0 saturated heterocycles. The lowest BCUT2D eigenvalue weighted by Crippen LogP contribution is -2.24. The zero-order valence-corrected chi connectivity index (χ0v) is 18.8. The van der Waals surface area contributed by atoms with Gasteiger partial charge in [-0.05, 0) is 47.3 Å². The maximum absolute atomic E-state index is 12.1. The molecule has 0 aliphatic carbocycles. The largest absolute Gasteiger partial charge is 0.493 e. The van der Waals surface area contributed by atoms with Crippen LogP contribution in [0.2, 0.25) is 0 Å². The molecular weight excluding hydrogens is 452 g/mol. The normalized spacial score (nSPS) is 10.9. The van der Waals surface area contributed by atoms with E-state index in [0.717, 1.165) is 10.8 Å². The van der Waals surface area contributed by atoms with Gasteiger partial charge in [-0.1, -0.05) is 36.4 Å². The first-order valence-electron chi connectivity index (χ1n) is 10.6. The summed E-state index contributed by atoms with van der Waals surface area (Å²) in [6.07, 6.45) is 1.47. The smallest absolute Gasteiger partial charge is 0.371 e. The molecule has 3 aromatic carbocycles. The van der Waals surface area contributed by atoms with Crippen LogP contribution in [0.3, 0.4) is 0 Å². The molecule has 0 unspecified atom stereocenters. The fourth-order valence-corrected chi connectivity index (χ4v) is 3.28. The quantitative estimate of drug-likeness (QED) is 0.260. The third kappa shape index (κ3) is 5.97. The molecule has 0 radical (unpaired) electrons. The molecular formula is C26H22N2O7. The van der Waals surface area contributed by atoms with E-state index in [4.69, 9.17) is 23.7 Å². The van der Waals surface area contributed by atoms with Crippen molar-refractivity contribution in [2.75, 3.05) is 13.7 Å². The number of furan rings is 1. The second-order valence-electron chi connectivity index (χ2n) is 7.33. The molecule has 0 spiro atoms. The van der Waals surface area contributed by atoms with Gasteiger partial charge in [0.25, 0.3) is 5.91 Å². The summed E-state index contributed by atoms with van der Waals surface area (Å²) in [6, 6.07) is 21.4. The van der Waals surface area contributed by atoms with Gasteiger partial charge >= 0.3 is 5.97 Å². The van der Waals surface area contributed by atoms with Crippen LogP contribution in [0.1, 0.15) is 21.9 Å². The van der Waals surface area contributed by atoms with E-state index >= 15 is 0 Å². The molecule has 0 bridgehead atoms. The number of carbonyl (C=O) groups excluding carboxylic acids is 1. The molecule has 4 aromatic rings. The van der Waals surface area contributed by atoms with Crippen LogP contribution in [0.25, 0.3) is 10.8 Å². The van der Waals surface area contributed by atoms with E-state index in [1.807, 2.05) is 42.5 Å². The van der Waals surface area contributed by atoms with Gasteiger partial charge in [-0.25, -0.2) is 10.2 Å². The highest BCUT2D eigenvalue weighted by atomic mass is 16.5. The highest BCUT2D eigenvalue weighted by Crippen LogP contribution is 2.29. The Morgan fingerprint density at radius 2 is 1.80 bits per heavy atom. The van der Waals surface area contributed by atoms with Gasteiger partial charge in [-0.2, -0.15) is 5.10 Å². The summed E-state index contributed by atoms with van der Waals surface area (Å²) in [4.78, 5) is 23.0. The van der Waals surface area contributed by atoms with Crippen molar-refractivity contribution in [1.82, 2.24) is 5.43 Å². The Morgan fingerprint density at radius 1 is 0.971 bits per heavy atom. The van der Waals surface area contributed by atoms with Crippen LogP contribution in [-0.2, 0) is 11.4 Å². The molecule has 35 heavy (non-hydrogen) atoms. The van der Waals surface area contributed by atoms with Crippen molar-refractivity contribution >= 4 is 28.9 Å². The molecule has 9 heteroatoms. The number of carbonyl (C=O) groups is 2. The minimum Gasteiger partial charge on any atom is -0.493 e. The number of hydrogen-bond donors (Lipinski definition) is 2. The van der Waals surface area contributed by atoms with Crippen LogP contribution < -0.4 is 19.6 Å². The first kappa shape index (κ1) is 23.4. The van der Waals surface area contributed by atoms with Crippen LogP contribution in [-0.4, -0.2) is 36.9 Å². The average molecular weight is 474 g/mol. The van der Waals surface area contributed by atoms with Crippen molar-refractivity contribution < 1.29 is 33.3 Å². The first-order valence-corrected chi connectivity index (χ1v) is 10.6. The van der Waals surface area contributed by atoms with Gasteiger partial charge in [-0.15, -0.1) is 0 Å². The van der Waals surface area contributed by atoms with Crippen molar-refractivity contribution in [2.24, 2.45) is 5.10 Å².